The summed E-state index contributed by atoms with van der Waals surface area (Å²) in [5.41, 5.74) is 1.90. The van der Waals surface area contributed by atoms with Crippen LogP contribution in [0.3, 0.4) is 0 Å². The lowest BCUT2D eigenvalue weighted by Crippen LogP contribution is -2.16. The van der Waals surface area contributed by atoms with Crippen molar-refractivity contribution in [3.63, 3.8) is 0 Å². The summed E-state index contributed by atoms with van der Waals surface area (Å²) in [6, 6.07) is 3.72. The second-order valence-corrected chi connectivity index (χ2v) is 4.79. The maximum absolute atomic E-state index is 9.97. The molecule has 3 heterocycles. The minimum atomic E-state index is -0.135. The zero-order valence-electron chi connectivity index (χ0n) is 10.5. The summed E-state index contributed by atoms with van der Waals surface area (Å²) in [6.45, 7) is 0. The van der Waals surface area contributed by atoms with Gasteiger partial charge in [-0.15, -0.1) is 11.6 Å². The summed E-state index contributed by atoms with van der Waals surface area (Å²) in [5.74, 6) is 0.972. The van der Waals surface area contributed by atoms with Crippen LogP contribution in [0.15, 0.2) is 24.7 Å². The average molecular weight is 290 g/mol. The number of halogens is 1. The molecule has 1 aromatic rings. The smallest absolute Gasteiger partial charge is 0.236 e. The molecule has 20 heavy (non-hydrogen) atoms. The monoisotopic (exact) mass is 289 g/mol. The largest absolute Gasteiger partial charge is 0.492 e. The van der Waals surface area contributed by atoms with E-state index in [-0.39, 0.29) is 17.1 Å². The number of nitrogens with zero attached hydrogens (tertiary/aromatic N) is 4. The number of hydrogen-bond acceptors (Lipinski definition) is 5. The van der Waals surface area contributed by atoms with E-state index in [0.717, 1.165) is 18.4 Å². The zero-order chi connectivity index (χ0) is 14.1. The summed E-state index contributed by atoms with van der Waals surface area (Å²) in [4.78, 5) is 11.9. The van der Waals surface area contributed by atoms with Gasteiger partial charge in [0.25, 0.3) is 0 Å². The first-order chi connectivity index (χ1) is 9.70. The number of rotatable bonds is 3. The molecule has 0 saturated carbocycles. The van der Waals surface area contributed by atoms with Crippen LogP contribution in [0.2, 0.25) is 0 Å². The molecule has 0 amide bonds. The molecule has 2 aliphatic rings. The van der Waals surface area contributed by atoms with Gasteiger partial charge in [-0.3, -0.25) is 9.81 Å². The van der Waals surface area contributed by atoms with E-state index in [2.05, 4.69) is 15.0 Å². The topological polar surface area (TPSA) is 87.2 Å². The first-order valence-corrected chi connectivity index (χ1v) is 6.69. The highest BCUT2D eigenvalue weighted by Gasteiger charge is 2.15. The van der Waals surface area contributed by atoms with Gasteiger partial charge in [0.2, 0.25) is 5.88 Å². The van der Waals surface area contributed by atoms with Crippen molar-refractivity contribution in [2.45, 2.75) is 12.8 Å². The highest BCUT2D eigenvalue weighted by molar-refractivity contribution is 6.17. The van der Waals surface area contributed by atoms with Crippen LogP contribution in [0.25, 0.3) is 17.0 Å². The number of fused-ring (bicyclic) bond motifs is 3. The van der Waals surface area contributed by atoms with E-state index in [9.17, 15) is 5.11 Å². The lowest BCUT2D eigenvalue weighted by atomic mass is 10.1. The minimum absolute atomic E-state index is 0.00846. The van der Waals surface area contributed by atoms with Crippen molar-refractivity contribution in [1.29, 1.82) is 5.41 Å². The lowest BCUT2D eigenvalue weighted by molar-refractivity contribution is 0.456. The summed E-state index contributed by atoms with van der Waals surface area (Å²) in [6.07, 6.45) is 4.93. The third-order valence-corrected chi connectivity index (χ3v) is 3.35. The van der Waals surface area contributed by atoms with Crippen LogP contribution in [0.1, 0.15) is 12.0 Å². The summed E-state index contributed by atoms with van der Waals surface area (Å²) in [5, 5.41) is 17.7. The van der Waals surface area contributed by atoms with Gasteiger partial charge in [0.15, 0.2) is 17.0 Å². The minimum Gasteiger partial charge on any atom is -0.492 e. The fraction of sp³-hybridized carbons (Fsp3) is 0.231. The van der Waals surface area contributed by atoms with Crippen LogP contribution in [0.4, 0.5) is 0 Å². The van der Waals surface area contributed by atoms with Crippen LogP contribution in [0, 0.1) is 5.41 Å². The van der Waals surface area contributed by atoms with Gasteiger partial charge < -0.3 is 5.11 Å². The number of aryl methyl sites for hydroxylation is 1. The maximum Gasteiger partial charge on any atom is 0.236 e. The van der Waals surface area contributed by atoms with Gasteiger partial charge in [0.05, 0.1) is 0 Å². The Morgan fingerprint density at radius 2 is 2.15 bits per heavy atom. The van der Waals surface area contributed by atoms with Gasteiger partial charge in [-0.05, 0) is 24.5 Å². The van der Waals surface area contributed by atoms with Gasteiger partial charge in [0.1, 0.15) is 11.8 Å². The molecule has 0 atom stereocenters. The second kappa shape index (κ2) is 5.05. The standard InChI is InChI=1S/C13H12ClN5O/c14-5-1-2-8-3-4-9-13(20)18-10-11(15)16-7-17-12(10)19(9)6-8/h3-4,6-7,15,20H,1-2,5H2. The molecule has 0 radical (unpaired) electrons. The molecule has 7 heteroatoms. The third-order valence-electron chi connectivity index (χ3n) is 3.09. The molecule has 1 aromatic heterocycles. The molecule has 0 spiro atoms. The van der Waals surface area contributed by atoms with Gasteiger partial charge in [-0.2, -0.15) is 0 Å². The van der Waals surface area contributed by atoms with E-state index in [4.69, 9.17) is 17.0 Å². The van der Waals surface area contributed by atoms with Crippen LogP contribution in [0.5, 0.6) is 5.88 Å². The van der Waals surface area contributed by atoms with Crippen molar-refractivity contribution in [1.82, 2.24) is 19.4 Å². The van der Waals surface area contributed by atoms with E-state index in [1.807, 2.05) is 12.3 Å². The van der Waals surface area contributed by atoms with Gasteiger partial charge in [-0.25, -0.2) is 15.0 Å². The molecule has 3 rings (SSSR count). The molecule has 0 saturated heterocycles. The van der Waals surface area contributed by atoms with Gasteiger partial charge in [-0.1, -0.05) is 6.07 Å². The Bertz CT molecular complexity index is 801. The Kier molecular flexibility index (Phi) is 3.23. The Morgan fingerprint density at radius 3 is 2.95 bits per heavy atom. The Labute approximate surface area is 119 Å². The van der Waals surface area contributed by atoms with Gasteiger partial charge >= 0.3 is 0 Å². The molecule has 0 fully saturated rings. The molecule has 0 aliphatic carbocycles. The van der Waals surface area contributed by atoms with E-state index in [1.165, 1.54) is 6.33 Å². The van der Waals surface area contributed by atoms with Crippen molar-refractivity contribution in [3.8, 4) is 17.4 Å². The van der Waals surface area contributed by atoms with Crippen LogP contribution in [-0.2, 0) is 6.42 Å². The molecular weight excluding hydrogens is 278 g/mol. The maximum atomic E-state index is 9.97. The molecule has 102 valence electrons. The fourth-order valence-electron chi connectivity index (χ4n) is 2.13. The second-order valence-electron chi connectivity index (χ2n) is 4.42. The quantitative estimate of drug-likeness (QED) is 0.566. The van der Waals surface area contributed by atoms with Crippen LogP contribution < -0.4 is 5.49 Å². The third kappa shape index (κ3) is 2.08. The molecule has 2 aliphatic heterocycles. The number of pyridine rings is 1. The number of hydrogen-bond donors (Lipinski definition) is 2. The van der Waals surface area contributed by atoms with E-state index >= 15 is 0 Å². The van der Waals surface area contributed by atoms with Crippen LogP contribution >= 0.6 is 11.6 Å². The Hall–Kier alpha value is -2.21. The van der Waals surface area contributed by atoms with E-state index in [0.29, 0.717) is 17.2 Å². The first kappa shape index (κ1) is 12.8. The molecule has 0 unspecified atom stereocenters. The number of aromatic nitrogens is 4. The van der Waals surface area contributed by atoms with Crippen molar-refractivity contribution in [3.05, 3.63) is 35.7 Å². The van der Waals surface area contributed by atoms with Crippen molar-refractivity contribution >= 4 is 17.1 Å². The predicted octanol–water partition coefficient (Wildman–Crippen LogP) is 1.59. The highest BCUT2D eigenvalue weighted by atomic mass is 35.5. The zero-order valence-corrected chi connectivity index (χ0v) is 11.3. The predicted molar refractivity (Wildman–Crippen MR) is 74.0 cm³/mol. The Morgan fingerprint density at radius 1 is 1.30 bits per heavy atom. The van der Waals surface area contributed by atoms with Crippen LogP contribution in [-0.4, -0.2) is 30.3 Å². The lowest BCUT2D eigenvalue weighted by Gasteiger charge is -2.12. The van der Waals surface area contributed by atoms with Crippen molar-refractivity contribution in [2.75, 3.05) is 5.88 Å². The van der Waals surface area contributed by atoms with Crippen molar-refractivity contribution < 1.29 is 5.11 Å². The van der Waals surface area contributed by atoms with E-state index < -0.39 is 0 Å². The average Bonchev–Trinajstić information content (AvgIpc) is 2.46. The molecule has 0 aromatic carbocycles. The molecule has 0 bridgehead atoms. The van der Waals surface area contributed by atoms with E-state index in [1.54, 1.807) is 10.5 Å². The van der Waals surface area contributed by atoms with Crippen molar-refractivity contribution in [2.24, 2.45) is 0 Å². The summed E-state index contributed by atoms with van der Waals surface area (Å²) < 4.78 is 1.74. The normalized spacial score (nSPS) is 11.2. The number of nitrogens with one attached hydrogen (secondary N) is 1. The molecular formula is C13H12ClN5O. The highest BCUT2D eigenvalue weighted by Crippen LogP contribution is 2.23. The molecule has 6 nitrogen and oxygen atoms in total. The molecule has 2 N–H and O–H groups in total. The first-order valence-electron chi connectivity index (χ1n) is 6.16. The number of alkyl halides is 1. The fourth-order valence-corrected chi connectivity index (χ4v) is 2.27. The van der Waals surface area contributed by atoms with Gasteiger partial charge in [0, 0.05) is 12.1 Å². The SMILES string of the molecule is N=c1ncnc2n3cc(CCCCl)ccc3c(O)nc1-2. The summed E-state index contributed by atoms with van der Waals surface area (Å²) >= 11 is 5.71. The Balaban J connectivity index is 2.29. The summed E-state index contributed by atoms with van der Waals surface area (Å²) in [7, 11) is 0. The number of aromatic hydroxyl groups is 1.